The van der Waals surface area contributed by atoms with Crippen LogP contribution in [0.2, 0.25) is 0 Å². The predicted molar refractivity (Wildman–Crippen MR) is 58.4 cm³/mol. The molecule has 0 heterocycles. The molecule has 0 bridgehead atoms. The van der Waals surface area contributed by atoms with Crippen LogP contribution >= 0.6 is 0 Å². The van der Waals surface area contributed by atoms with Crippen molar-refractivity contribution in [1.82, 2.24) is 10.5 Å². The van der Waals surface area contributed by atoms with Crippen LogP contribution in [0.5, 0.6) is 0 Å². The Kier molecular flexibility index (Phi) is 5.01. The highest BCUT2D eigenvalue weighted by molar-refractivity contribution is 4.83. The largest absolute Gasteiger partial charge is 0.762 e. The first-order valence-corrected chi connectivity index (χ1v) is 5.14. The summed E-state index contributed by atoms with van der Waals surface area (Å²) >= 11 is 0. The second kappa shape index (κ2) is 5.07. The van der Waals surface area contributed by atoms with Crippen molar-refractivity contribution >= 4 is 0 Å². The number of nitrogens with zero attached hydrogens (tertiary/aromatic N) is 1. The van der Waals surface area contributed by atoms with Crippen LogP contribution in [0, 0.1) is 5.21 Å². The molecular formula is C10H23N2O2-. The lowest BCUT2D eigenvalue weighted by Gasteiger charge is -2.42. The van der Waals surface area contributed by atoms with Gasteiger partial charge in [-0.15, -0.1) is 0 Å². The van der Waals surface area contributed by atoms with E-state index >= 15 is 0 Å². The Labute approximate surface area is 87.1 Å². The molecule has 0 aromatic rings. The van der Waals surface area contributed by atoms with Crippen LogP contribution in [-0.4, -0.2) is 23.5 Å². The summed E-state index contributed by atoms with van der Waals surface area (Å²) in [7, 11) is 1.36. The zero-order chi connectivity index (χ0) is 11.4. The normalized spacial score (nSPS) is 17.1. The lowest BCUT2D eigenvalue weighted by molar-refractivity contribution is -0.222. The third kappa shape index (κ3) is 4.91. The highest BCUT2D eigenvalue weighted by Gasteiger charge is 2.30. The lowest BCUT2D eigenvalue weighted by Crippen LogP contribution is -2.56. The van der Waals surface area contributed by atoms with Gasteiger partial charge in [0.25, 0.3) is 0 Å². The Balaban J connectivity index is 4.39. The van der Waals surface area contributed by atoms with Gasteiger partial charge in [0.15, 0.2) is 0 Å². The molecule has 0 aliphatic rings. The van der Waals surface area contributed by atoms with Gasteiger partial charge >= 0.3 is 0 Å². The second-order valence-corrected chi connectivity index (χ2v) is 4.48. The van der Waals surface area contributed by atoms with Crippen molar-refractivity contribution in [2.24, 2.45) is 0 Å². The third-order valence-electron chi connectivity index (χ3n) is 2.49. The molecule has 0 fully saturated rings. The Morgan fingerprint density at radius 1 is 1.21 bits per heavy atom. The molecule has 0 amide bonds. The molecular weight excluding hydrogens is 180 g/mol. The number of hydrogen-bond donors (Lipinski definition) is 1. The highest BCUT2D eigenvalue weighted by Crippen LogP contribution is 2.19. The van der Waals surface area contributed by atoms with Gasteiger partial charge in [-0.05, 0) is 40.7 Å². The lowest BCUT2D eigenvalue weighted by atomic mass is 9.99. The first kappa shape index (κ1) is 13.8. The van der Waals surface area contributed by atoms with Crippen molar-refractivity contribution < 1.29 is 4.84 Å². The average Bonchev–Trinajstić information content (AvgIpc) is 2.02. The molecule has 0 aromatic heterocycles. The average molecular weight is 203 g/mol. The summed E-state index contributed by atoms with van der Waals surface area (Å²) in [4.78, 5) is 5.19. The van der Waals surface area contributed by atoms with Gasteiger partial charge in [-0.25, -0.2) is 0 Å². The van der Waals surface area contributed by atoms with E-state index < -0.39 is 5.72 Å². The van der Waals surface area contributed by atoms with Gasteiger partial charge in [0, 0.05) is 5.54 Å². The molecule has 0 aliphatic heterocycles. The number of hydroxylamine groups is 2. The maximum Gasteiger partial charge on any atom is 0.136 e. The van der Waals surface area contributed by atoms with Crippen molar-refractivity contribution in [3.8, 4) is 0 Å². The quantitative estimate of drug-likeness (QED) is 0.531. The Morgan fingerprint density at radius 2 is 1.71 bits per heavy atom. The fourth-order valence-electron chi connectivity index (χ4n) is 1.26. The monoisotopic (exact) mass is 203 g/mol. The van der Waals surface area contributed by atoms with E-state index in [0.29, 0.717) is 5.23 Å². The Morgan fingerprint density at radius 3 is 2.00 bits per heavy atom. The summed E-state index contributed by atoms with van der Waals surface area (Å²) in [5.74, 6) is 0. The smallest absolute Gasteiger partial charge is 0.136 e. The molecule has 0 spiro atoms. The number of nitrogens with one attached hydrogen (secondary N) is 1. The van der Waals surface area contributed by atoms with Gasteiger partial charge in [-0.3, -0.25) is 15.4 Å². The zero-order valence-corrected chi connectivity index (χ0v) is 10.2. The van der Waals surface area contributed by atoms with Gasteiger partial charge in [-0.2, -0.15) is 0 Å². The Hall–Kier alpha value is -0.160. The molecule has 0 aliphatic carbocycles. The van der Waals surface area contributed by atoms with Gasteiger partial charge in [0.2, 0.25) is 0 Å². The summed E-state index contributed by atoms with van der Waals surface area (Å²) < 4.78 is 0. The Bertz CT molecular complexity index is 172. The minimum Gasteiger partial charge on any atom is -0.762 e. The van der Waals surface area contributed by atoms with Crippen LogP contribution in [0.1, 0.15) is 47.5 Å². The van der Waals surface area contributed by atoms with Gasteiger partial charge in [0.05, 0.1) is 0 Å². The summed E-state index contributed by atoms with van der Waals surface area (Å²) in [5.41, 5.74) is -0.614. The summed E-state index contributed by atoms with van der Waals surface area (Å²) in [5, 5.41) is 14.7. The van der Waals surface area contributed by atoms with Gasteiger partial charge in [0.1, 0.15) is 5.72 Å². The standard InChI is InChI=1S/C10H23N2O2/c1-7-9(3,4)11-10(5,8-2)14-12(6)13/h11H,7-8H2,1-6H3/q-1. The number of rotatable bonds is 6. The van der Waals surface area contributed by atoms with Gasteiger partial charge < -0.3 is 5.21 Å². The maximum atomic E-state index is 10.8. The van der Waals surface area contributed by atoms with Crippen molar-refractivity contribution in [3.05, 3.63) is 5.21 Å². The molecule has 4 nitrogen and oxygen atoms in total. The molecule has 0 rings (SSSR count). The molecule has 4 heteroatoms. The molecule has 0 radical (unpaired) electrons. The molecule has 0 aromatic carbocycles. The first-order valence-electron chi connectivity index (χ1n) is 5.14. The van der Waals surface area contributed by atoms with E-state index in [1.54, 1.807) is 0 Å². The fourth-order valence-corrected chi connectivity index (χ4v) is 1.26. The van der Waals surface area contributed by atoms with Crippen LogP contribution in [-0.2, 0) is 4.84 Å². The van der Waals surface area contributed by atoms with E-state index in [9.17, 15) is 5.21 Å². The topological polar surface area (TPSA) is 47.6 Å². The molecule has 14 heavy (non-hydrogen) atoms. The maximum absolute atomic E-state index is 10.8. The molecule has 1 N–H and O–H groups in total. The third-order valence-corrected chi connectivity index (χ3v) is 2.49. The van der Waals surface area contributed by atoms with Crippen molar-refractivity contribution in [1.29, 1.82) is 0 Å². The second-order valence-electron chi connectivity index (χ2n) is 4.48. The van der Waals surface area contributed by atoms with Crippen LogP contribution in [0.4, 0.5) is 0 Å². The minimum absolute atomic E-state index is 0.0270. The van der Waals surface area contributed by atoms with Crippen molar-refractivity contribution in [2.45, 2.75) is 58.7 Å². The van der Waals surface area contributed by atoms with E-state index in [-0.39, 0.29) is 5.54 Å². The molecule has 1 unspecified atom stereocenters. The molecule has 0 saturated carbocycles. The number of hydrogen-bond acceptors (Lipinski definition) is 4. The SMILES string of the molecule is CCC(C)(C)NC(C)(CC)ON(C)[O-]. The van der Waals surface area contributed by atoms with Crippen molar-refractivity contribution in [2.75, 3.05) is 7.05 Å². The van der Waals surface area contributed by atoms with Crippen molar-refractivity contribution in [3.63, 3.8) is 0 Å². The molecule has 0 saturated heterocycles. The summed E-state index contributed by atoms with van der Waals surface area (Å²) in [6.07, 6.45) is 1.72. The summed E-state index contributed by atoms with van der Waals surface area (Å²) in [6, 6.07) is 0. The van der Waals surface area contributed by atoms with E-state index in [0.717, 1.165) is 12.8 Å². The minimum atomic E-state index is -0.587. The van der Waals surface area contributed by atoms with E-state index in [1.807, 2.05) is 13.8 Å². The van der Waals surface area contributed by atoms with E-state index in [2.05, 4.69) is 26.1 Å². The van der Waals surface area contributed by atoms with Gasteiger partial charge in [-0.1, -0.05) is 13.8 Å². The van der Waals surface area contributed by atoms with E-state index in [1.165, 1.54) is 7.05 Å². The van der Waals surface area contributed by atoms with Crippen LogP contribution in [0.25, 0.3) is 0 Å². The van der Waals surface area contributed by atoms with E-state index in [4.69, 9.17) is 4.84 Å². The first-order chi connectivity index (χ1) is 6.24. The highest BCUT2D eigenvalue weighted by atomic mass is 16.9. The molecule has 1 atom stereocenters. The molecule has 86 valence electrons. The zero-order valence-electron chi connectivity index (χ0n) is 10.2. The predicted octanol–water partition coefficient (Wildman–Crippen LogP) is 2.25. The van der Waals surface area contributed by atoms with Crippen LogP contribution < -0.4 is 5.32 Å². The fraction of sp³-hybridized carbons (Fsp3) is 1.00. The van der Waals surface area contributed by atoms with Crippen LogP contribution in [0.15, 0.2) is 0 Å². The van der Waals surface area contributed by atoms with Crippen LogP contribution in [0.3, 0.4) is 0 Å². The summed E-state index contributed by atoms with van der Waals surface area (Å²) in [6.45, 7) is 10.2.